The molecule has 2 unspecified atom stereocenters. The Hall–Kier alpha value is -2.63. The Morgan fingerprint density at radius 2 is 1.71 bits per heavy atom. The number of likely N-dealkylation sites (tertiary alicyclic amines) is 1. The Balaban J connectivity index is 1.78. The van der Waals surface area contributed by atoms with Crippen molar-refractivity contribution in [3.63, 3.8) is 0 Å². The third-order valence-corrected chi connectivity index (χ3v) is 5.54. The zero-order valence-electron chi connectivity index (χ0n) is 17.1. The van der Waals surface area contributed by atoms with Gasteiger partial charge in [0.2, 0.25) is 0 Å². The number of aryl methyl sites for hydroxylation is 1. The molecule has 150 valence electrons. The Kier molecular flexibility index (Phi) is 5.87. The molecule has 2 aromatic rings. The third-order valence-electron chi connectivity index (χ3n) is 5.54. The molecule has 0 saturated carbocycles. The van der Waals surface area contributed by atoms with Crippen LogP contribution < -0.4 is 0 Å². The number of carboxylic acids is 1. The second-order valence-electron chi connectivity index (χ2n) is 8.16. The standard InChI is InChI=1S/C22H29N3O3/c1-14-11-15(2)13-24(12-14)22(28)18-5-7-19(8-6-18)25-17(4)20(16(3)23-25)9-10-21(26)27/h5-8,14-15H,9-13H2,1-4H3,(H,26,27). The van der Waals surface area contributed by atoms with Gasteiger partial charge < -0.3 is 10.0 Å². The first-order valence-electron chi connectivity index (χ1n) is 9.92. The van der Waals surface area contributed by atoms with E-state index in [1.807, 2.05) is 47.7 Å². The molecule has 3 rings (SSSR count). The number of carboxylic acid groups (broad SMARTS) is 1. The summed E-state index contributed by atoms with van der Waals surface area (Å²) in [4.78, 5) is 25.7. The van der Waals surface area contributed by atoms with Crippen LogP contribution in [-0.2, 0) is 11.2 Å². The molecule has 0 bridgehead atoms. The van der Waals surface area contributed by atoms with Crippen molar-refractivity contribution in [2.24, 2.45) is 11.8 Å². The Bertz CT molecular complexity index is 860. The predicted octanol–water partition coefficient (Wildman–Crippen LogP) is 3.62. The summed E-state index contributed by atoms with van der Waals surface area (Å²) in [6, 6.07) is 7.53. The fraction of sp³-hybridized carbons (Fsp3) is 0.500. The number of benzene rings is 1. The van der Waals surface area contributed by atoms with E-state index in [-0.39, 0.29) is 12.3 Å². The summed E-state index contributed by atoms with van der Waals surface area (Å²) in [6.45, 7) is 9.88. The lowest BCUT2D eigenvalue weighted by atomic mass is 9.91. The van der Waals surface area contributed by atoms with E-state index in [1.54, 1.807) is 0 Å². The predicted molar refractivity (Wildman–Crippen MR) is 108 cm³/mol. The van der Waals surface area contributed by atoms with Gasteiger partial charge in [-0.1, -0.05) is 13.8 Å². The highest BCUT2D eigenvalue weighted by Gasteiger charge is 2.26. The summed E-state index contributed by atoms with van der Waals surface area (Å²) in [6.07, 6.45) is 1.73. The molecule has 2 atom stereocenters. The number of carbonyl (C=O) groups excluding carboxylic acids is 1. The van der Waals surface area contributed by atoms with Gasteiger partial charge in [-0.05, 0) is 68.4 Å². The summed E-state index contributed by atoms with van der Waals surface area (Å²) in [7, 11) is 0. The number of aliphatic carboxylic acids is 1. The van der Waals surface area contributed by atoms with Crippen LogP contribution in [0.3, 0.4) is 0 Å². The lowest BCUT2D eigenvalue weighted by Crippen LogP contribution is -2.42. The largest absolute Gasteiger partial charge is 0.481 e. The number of carbonyl (C=O) groups is 2. The van der Waals surface area contributed by atoms with E-state index < -0.39 is 5.97 Å². The normalized spacial score (nSPS) is 19.6. The van der Waals surface area contributed by atoms with Crippen LogP contribution in [0, 0.1) is 25.7 Å². The topological polar surface area (TPSA) is 75.4 Å². The van der Waals surface area contributed by atoms with E-state index in [0.717, 1.165) is 35.7 Å². The van der Waals surface area contributed by atoms with Crippen molar-refractivity contribution in [3.05, 3.63) is 46.8 Å². The minimum absolute atomic E-state index is 0.0838. The van der Waals surface area contributed by atoms with E-state index in [1.165, 1.54) is 6.42 Å². The van der Waals surface area contributed by atoms with Crippen molar-refractivity contribution in [1.82, 2.24) is 14.7 Å². The monoisotopic (exact) mass is 383 g/mol. The summed E-state index contributed by atoms with van der Waals surface area (Å²) >= 11 is 0. The van der Waals surface area contributed by atoms with Crippen molar-refractivity contribution in [2.75, 3.05) is 13.1 Å². The first kappa shape index (κ1) is 20.1. The average molecular weight is 383 g/mol. The second kappa shape index (κ2) is 8.17. The maximum Gasteiger partial charge on any atom is 0.303 e. The summed E-state index contributed by atoms with van der Waals surface area (Å²) in [5, 5.41) is 13.5. The van der Waals surface area contributed by atoms with Gasteiger partial charge in [-0.25, -0.2) is 4.68 Å². The minimum atomic E-state index is -0.809. The molecule has 1 aliphatic heterocycles. The van der Waals surface area contributed by atoms with Gasteiger partial charge in [-0.2, -0.15) is 5.10 Å². The second-order valence-corrected chi connectivity index (χ2v) is 8.16. The van der Waals surface area contributed by atoms with Gasteiger partial charge in [0.1, 0.15) is 0 Å². The highest BCUT2D eigenvalue weighted by molar-refractivity contribution is 5.94. The van der Waals surface area contributed by atoms with E-state index in [0.29, 0.717) is 23.8 Å². The lowest BCUT2D eigenvalue weighted by Gasteiger charge is -2.35. The fourth-order valence-corrected chi connectivity index (χ4v) is 4.28. The van der Waals surface area contributed by atoms with Crippen LogP contribution in [0.15, 0.2) is 24.3 Å². The Morgan fingerprint density at radius 3 is 2.29 bits per heavy atom. The molecule has 28 heavy (non-hydrogen) atoms. The van der Waals surface area contributed by atoms with Crippen LogP contribution in [0.2, 0.25) is 0 Å². The van der Waals surface area contributed by atoms with Crippen molar-refractivity contribution < 1.29 is 14.7 Å². The zero-order chi connectivity index (χ0) is 20.4. The van der Waals surface area contributed by atoms with Crippen molar-refractivity contribution in [2.45, 2.75) is 47.0 Å². The number of rotatable bonds is 5. The van der Waals surface area contributed by atoms with E-state index in [4.69, 9.17) is 5.11 Å². The first-order valence-corrected chi connectivity index (χ1v) is 9.92. The van der Waals surface area contributed by atoms with Crippen LogP contribution in [0.25, 0.3) is 5.69 Å². The van der Waals surface area contributed by atoms with Gasteiger partial charge in [0.25, 0.3) is 5.91 Å². The molecule has 1 aromatic heterocycles. The van der Waals surface area contributed by atoms with Gasteiger partial charge in [0.15, 0.2) is 0 Å². The molecule has 1 amide bonds. The maximum absolute atomic E-state index is 12.9. The molecule has 1 fully saturated rings. The smallest absolute Gasteiger partial charge is 0.303 e. The first-order chi connectivity index (χ1) is 13.3. The SMILES string of the molecule is Cc1nn(-c2ccc(C(=O)N3CC(C)CC(C)C3)cc2)c(C)c1CCC(=O)O. The van der Waals surface area contributed by atoms with Gasteiger partial charge in [-0.15, -0.1) is 0 Å². The van der Waals surface area contributed by atoms with Gasteiger partial charge >= 0.3 is 5.97 Å². The molecule has 0 radical (unpaired) electrons. The molecular weight excluding hydrogens is 354 g/mol. The van der Waals surface area contributed by atoms with Gasteiger partial charge in [0.05, 0.1) is 11.4 Å². The van der Waals surface area contributed by atoms with E-state index in [9.17, 15) is 9.59 Å². The molecule has 0 aliphatic carbocycles. The molecule has 1 aromatic carbocycles. The highest BCUT2D eigenvalue weighted by Crippen LogP contribution is 2.24. The lowest BCUT2D eigenvalue weighted by molar-refractivity contribution is -0.136. The number of amides is 1. The summed E-state index contributed by atoms with van der Waals surface area (Å²) in [5.74, 6) is 0.341. The molecule has 6 nitrogen and oxygen atoms in total. The van der Waals surface area contributed by atoms with E-state index >= 15 is 0 Å². The average Bonchev–Trinajstić information content (AvgIpc) is 2.92. The molecule has 6 heteroatoms. The van der Waals surface area contributed by atoms with Crippen molar-refractivity contribution in [1.29, 1.82) is 0 Å². The van der Waals surface area contributed by atoms with Crippen molar-refractivity contribution in [3.8, 4) is 5.69 Å². The molecule has 1 saturated heterocycles. The van der Waals surface area contributed by atoms with Gasteiger partial charge in [0, 0.05) is 30.8 Å². The van der Waals surface area contributed by atoms with Crippen LogP contribution in [0.5, 0.6) is 0 Å². The molecule has 2 heterocycles. The number of piperidine rings is 1. The third kappa shape index (κ3) is 4.26. The number of hydrogen-bond donors (Lipinski definition) is 1. The molecule has 0 spiro atoms. The molecular formula is C22H29N3O3. The Morgan fingerprint density at radius 1 is 1.11 bits per heavy atom. The number of nitrogens with zero attached hydrogens (tertiary/aromatic N) is 3. The zero-order valence-corrected chi connectivity index (χ0v) is 17.1. The number of aromatic nitrogens is 2. The van der Waals surface area contributed by atoms with Crippen LogP contribution in [0.1, 0.15) is 54.0 Å². The number of hydrogen-bond acceptors (Lipinski definition) is 3. The van der Waals surface area contributed by atoms with Crippen LogP contribution in [0.4, 0.5) is 0 Å². The molecule has 1 aliphatic rings. The van der Waals surface area contributed by atoms with Crippen LogP contribution in [-0.4, -0.2) is 44.8 Å². The Labute approximate surface area is 166 Å². The van der Waals surface area contributed by atoms with E-state index in [2.05, 4.69) is 18.9 Å². The van der Waals surface area contributed by atoms with Crippen LogP contribution >= 0.6 is 0 Å². The summed E-state index contributed by atoms with van der Waals surface area (Å²) in [5.41, 5.74) is 4.32. The van der Waals surface area contributed by atoms with Gasteiger partial charge in [-0.3, -0.25) is 9.59 Å². The minimum Gasteiger partial charge on any atom is -0.481 e. The van der Waals surface area contributed by atoms with Crippen molar-refractivity contribution >= 4 is 11.9 Å². The quantitative estimate of drug-likeness (QED) is 0.856. The summed E-state index contributed by atoms with van der Waals surface area (Å²) < 4.78 is 1.83. The highest BCUT2D eigenvalue weighted by atomic mass is 16.4. The molecule has 1 N–H and O–H groups in total. The maximum atomic E-state index is 12.9. The fourth-order valence-electron chi connectivity index (χ4n) is 4.28.